The number of amides is 1. The van der Waals surface area contributed by atoms with Crippen LogP contribution in [0.1, 0.15) is 24.2 Å². The lowest BCUT2D eigenvalue weighted by molar-refractivity contribution is 0.0734. The smallest absolute Gasteiger partial charge is 0.254 e. The van der Waals surface area contributed by atoms with Crippen molar-refractivity contribution in [2.45, 2.75) is 19.9 Å². The van der Waals surface area contributed by atoms with Gasteiger partial charge in [0.05, 0.1) is 11.6 Å². The Morgan fingerprint density at radius 3 is 2.68 bits per heavy atom. The van der Waals surface area contributed by atoms with Crippen LogP contribution in [0.15, 0.2) is 23.4 Å². The predicted molar refractivity (Wildman–Crippen MR) is 83.8 cm³/mol. The van der Waals surface area contributed by atoms with Crippen LogP contribution in [-0.4, -0.2) is 34.4 Å². The zero-order chi connectivity index (χ0) is 14.6. The molecule has 1 amide bonds. The van der Waals surface area contributed by atoms with Crippen LogP contribution < -0.4 is 5.73 Å². The lowest BCUT2D eigenvalue weighted by atomic mass is 10.1. The van der Waals surface area contributed by atoms with Gasteiger partial charge >= 0.3 is 0 Å². The summed E-state index contributed by atoms with van der Waals surface area (Å²) in [5, 5.41) is 12.0. The molecule has 7 heteroatoms. The number of halogens is 2. The maximum absolute atomic E-state index is 12.4. The van der Waals surface area contributed by atoms with Gasteiger partial charge in [-0.2, -0.15) is 0 Å². The van der Waals surface area contributed by atoms with E-state index in [1.54, 1.807) is 18.2 Å². The van der Waals surface area contributed by atoms with E-state index >= 15 is 0 Å². The second kappa shape index (κ2) is 6.95. The van der Waals surface area contributed by atoms with Gasteiger partial charge in [0.25, 0.3) is 5.91 Å². The highest BCUT2D eigenvalue weighted by molar-refractivity contribution is 14.1. The van der Waals surface area contributed by atoms with Gasteiger partial charge < -0.3 is 15.8 Å². The number of hydrogen-bond donors (Lipinski definition) is 2. The third-order valence-electron chi connectivity index (χ3n) is 2.51. The molecule has 0 aliphatic carbocycles. The maximum atomic E-state index is 12.4. The molecule has 5 nitrogen and oxygen atoms in total. The van der Waals surface area contributed by atoms with E-state index in [2.05, 4.69) is 27.7 Å². The van der Waals surface area contributed by atoms with Crippen molar-refractivity contribution in [1.29, 1.82) is 0 Å². The molecule has 0 radical (unpaired) electrons. The number of nitrogens with two attached hydrogens (primary N) is 1. The second-order valence-electron chi connectivity index (χ2n) is 4.25. The summed E-state index contributed by atoms with van der Waals surface area (Å²) in [6.07, 6.45) is 0. The highest BCUT2D eigenvalue weighted by Crippen LogP contribution is 2.21. The van der Waals surface area contributed by atoms with Crippen LogP contribution >= 0.6 is 34.2 Å². The first kappa shape index (κ1) is 16.0. The number of hydrogen-bond acceptors (Lipinski definition) is 3. The van der Waals surface area contributed by atoms with Gasteiger partial charge in [-0.15, -0.1) is 0 Å². The largest absolute Gasteiger partial charge is 0.409 e. The molecule has 1 aromatic rings. The number of benzene rings is 1. The number of carbonyl (C=O) groups excluding carboxylic acids is 1. The quantitative estimate of drug-likeness (QED) is 0.270. The van der Waals surface area contributed by atoms with Crippen molar-refractivity contribution in [2.75, 3.05) is 6.54 Å². The van der Waals surface area contributed by atoms with Crippen molar-refractivity contribution in [2.24, 2.45) is 10.9 Å². The maximum Gasteiger partial charge on any atom is 0.254 e. The lowest BCUT2D eigenvalue weighted by Crippen LogP contribution is -2.42. The van der Waals surface area contributed by atoms with Crippen molar-refractivity contribution in [3.05, 3.63) is 32.4 Å². The molecule has 0 aliphatic rings. The van der Waals surface area contributed by atoms with E-state index in [9.17, 15) is 4.79 Å². The van der Waals surface area contributed by atoms with Crippen molar-refractivity contribution in [1.82, 2.24) is 4.90 Å². The molecule has 0 saturated carbocycles. The molecular formula is C12H15ClIN3O2. The first-order valence-electron chi connectivity index (χ1n) is 5.59. The Balaban J connectivity index is 3.02. The van der Waals surface area contributed by atoms with Crippen LogP contribution in [0.4, 0.5) is 0 Å². The van der Waals surface area contributed by atoms with Gasteiger partial charge in [-0.25, -0.2) is 0 Å². The fraction of sp³-hybridized carbons (Fsp3) is 0.333. The fourth-order valence-corrected chi connectivity index (χ4v) is 2.01. The summed E-state index contributed by atoms with van der Waals surface area (Å²) in [6.45, 7) is 3.78. The van der Waals surface area contributed by atoms with Crippen LogP contribution in [-0.2, 0) is 0 Å². The standard InChI is InChI=1S/C12H15ClIN3O2/c1-7(2)17(6-11(15)16-19)12(18)8-3-4-10(14)9(13)5-8/h3-5,7,19H,6H2,1-2H3,(H2,15,16). The summed E-state index contributed by atoms with van der Waals surface area (Å²) >= 11 is 8.10. The molecule has 1 rings (SSSR count). The molecule has 0 spiro atoms. The van der Waals surface area contributed by atoms with Crippen LogP contribution in [0.5, 0.6) is 0 Å². The topological polar surface area (TPSA) is 78.9 Å². The predicted octanol–water partition coefficient (Wildman–Crippen LogP) is 2.54. The Hall–Kier alpha value is -1.02. The average molecular weight is 396 g/mol. The molecule has 0 bridgehead atoms. The highest BCUT2D eigenvalue weighted by Gasteiger charge is 2.20. The van der Waals surface area contributed by atoms with E-state index in [-0.39, 0.29) is 24.3 Å². The number of nitrogens with zero attached hydrogens (tertiary/aromatic N) is 2. The molecule has 1 aromatic carbocycles. The van der Waals surface area contributed by atoms with E-state index in [1.165, 1.54) is 4.90 Å². The summed E-state index contributed by atoms with van der Waals surface area (Å²) in [5.74, 6) is -0.224. The normalized spacial score (nSPS) is 11.7. The van der Waals surface area contributed by atoms with E-state index in [0.29, 0.717) is 10.6 Å². The third kappa shape index (κ3) is 4.24. The monoisotopic (exact) mass is 395 g/mol. The highest BCUT2D eigenvalue weighted by atomic mass is 127. The zero-order valence-corrected chi connectivity index (χ0v) is 13.5. The molecule has 0 aliphatic heterocycles. The van der Waals surface area contributed by atoms with E-state index in [1.807, 2.05) is 13.8 Å². The van der Waals surface area contributed by atoms with Crippen molar-refractivity contribution in [3.8, 4) is 0 Å². The summed E-state index contributed by atoms with van der Waals surface area (Å²) in [4.78, 5) is 13.9. The molecule has 0 atom stereocenters. The van der Waals surface area contributed by atoms with Gasteiger partial charge in [0.1, 0.15) is 0 Å². The first-order valence-corrected chi connectivity index (χ1v) is 7.05. The Kier molecular flexibility index (Phi) is 5.86. The van der Waals surface area contributed by atoms with Gasteiger partial charge in [0.2, 0.25) is 0 Å². The van der Waals surface area contributed by atoms with Crippen molar-refractivity contribution >= 4 is 45.9 Å². The molecule has 3 N–H and O–H groups in total. The summed E-state index contributed by atoms with van der Waals surface area (Å²) in [5.41, 5.74) is 5.94. The number of oxime groups is 1. The van der Waals surface area contributed by atoms with Crippen LogP contribution in [0.2, 0.25) is 5.02 Å². The minimum atomic E-state index is -0.208. The summed E-state index contributed by atoms with van der Waals surface area (Å²) in [7, 11) is 0. The Labute approximate surface area is 130 Å². The third-order valence-corrected chi connectivity index (χ3v) is 4.08. The molecule has 0 saturated heterocycles. The first-order chi connectivity index (χ1) is 8.86. The number of carbonyl (C=O) groups is 1. The molecule has 19 heavy (non-hydrogen) atoms. The van der Waals surface area contributed by atoms with Gasteiger partial charge in [-0.1, -0.05) is 16.8 Å². The van der Waals surface area contributed by atoms with Crippen molar-refractivity contribution in [3.63, 3.8) is 0 Å². The fourth-order valence-electron chi connectivity index (χ4n) is 1.49. The van der Waals surface area contributed by atoms with E-state index < -0.39 is 0 Å². The Bertz CT molecular complexity index is 506. The molecule has 0 fully saturated rings. The van der Waals surface area contributed by atoms with Gasteiger partial charge in [0, 0.05) is 15.2 Å². The van der Waals surface area contributed by atoms with Crippen LogP contribution in [0.3, 0.4) is 0 Å². The summed E-state index contributed by atoms with van der Waals surface area (Å²) in [6, 6.07) is 5.02. The second-order valence-corrected chi connectivity index (χ2v) is 5.82. The molecule has 104 valence electrons. The minimum Gasteiger partial charge on any atom is -0.409 e. The minimum absolute atomic E-state index is 0.0151. The van der Waals surface area contributed by atoms with Gasteiger partial charge in [-0.3, -0.25) is 4.79 Å². The van der Waals surface area contributed by atoms with E-state index in [0.717, 1.165) is 3.57 Å². The Morgan fingerprint density at radius 2 is 2.21 bits per heavy atom. The Morgan fingerprint density at radius 1 is 1.58 bits per heavy atom. The van der Waals surface area contributed by atoms with Crippen LogP contribution in [0, 0.1) is 3.57 Å². The van der Waals surface area contributed by atoms with Gasteiger partial charge in [-0.05, 0) is 54.6 Å². The molecular weight excluding hydrogens is 381 g/mol. The average Bonchev–Trinajstić information content (AvgIpc) is 2.37. The molecule has 0 heterocycles. The van der Waals surface area contributed by atoms with Gasteiger partial charge in [0.15, 0.2) is 5.84 Å². The van der Waals surface area contributed by atoms with Crippen molar-refractivity contribution < 1.29 is 10.0 Å². The van der Waals surface area contributed by atoms with E-state index in [4.69, 9.17) is 22.5 Å². The zero-order valence-electron chi connectivity index (χ0n) is 10.6. The number of amidine groups is 1. The number of rotatable bonds is 4. The molecule has 0 unspecified atom stereocenters. The molecule has 0 aromatic heterocycles. The lowest BCUT2D eigenvalue weighted by Gasteiger charge is -2.26. The SMILES string of the molecule is CC(C)N(C/C(N)=N/O)C(=O)c1ccc(I)c(Cl)c1. The summed E-state index contributed by atoms with van der Waals surface area (Å²) < 4.78 is 0.878. The van der Waals surface area contributed by atoms with Crippen LogP contribution in [0.25, 0.3) is 0 Å².